The number of aromatic nitrogens is 1. The third-order valence-electron chi connectivity index (χ3n) is 3.23. The van der Waals surface area contributed by atoms with Gasteiger partial charge in [0.05, 0.1) is 17.5 Å². The topological polar surface area (TPSA) is 29.4 Å². The molecule has 0 bridgehead atoms. The van der Waals surface area contributed by atoms with Crippen molar-refractivity contribution in [1.29, 1.82) is 0 Å². The van der Waals surface area contributed by atoms with E-state index < -0.39 is 0 Å². The third kappa shape index (κ3) is 2.77. The van der Waals surface area contributed by atoms with Gasteiger partial charge in [-0.2, -0.15) is 4.98 Å². The first-order chi connectivity index (χ1) is 8.92. The van der Waals surface area contributed by atoms with Crippen LogP contribution in [0.5, 0.6) is 0 Å². The number of piperazine rings is 1. The average Bonchev–Trinajstić information content (AvgIpc) is 2.89. The lowest BCUT2D eigenvalue weighted by Gasteiger charge is -2.25. The molecule has 2 heterocycles. The Morgan fingerprint density at radius 3 is 2.72 bits per heavy atom. The monoisotopic (exact) mass is 260 g/mol. The molecule has 2 aromatic rings. The number of hydrogen-bond donors (Lipinski definition) is 1. The molecule has 1 aliphatic heterocycles. The van der Waals surface area contributed by atoms with E-state index in [4.69, 9.17) is 0 Å². The number of hydrogen-bond acceptors (Lipinski definition) is 3. The normalized spacial score (nSPS) is 16.9. The Morgan fingerprint density at radius 2 is 1.94 bits per heavy atom. The zero-order valence-corrected chi connectivity index (χ0v) is 11.2. The van der Waals surface area contributed by atoms with E-state index in [0.29, 0.717) is 0 Å². The maximum atomic E-state index is 3.53. The molecule has 2 N–H and O–H groups in total. The number of rotatable bonds is 3. The molecule has 1 aliphatic rings. The highest BCUT2D eigenvalue weighted by atomic mass is 32.1. The number of nitrogens with zero attached hydrogens (tertiary/aromatic N) is 1. The molecule has 1 aromatic heterocycles. The Morgan fingerprint density at radius 1 is 1.17 bits per heavy atom. The zero-order chi connectivity index (χ0) is 12.2. The minimum Gasteiger partial charge on any atom is -0.314 e. The fourth-order valence-corrected chi connectivity index (χ4v) is 3.11. The van der Waals surface area contributed by atoms with E-state index >= 15 is 0 Å². The molecule has 0 spiro atoms. The van der Waals surface area contributed by atoms with E-state index in [1.165, 1.54) is 16.3 Å². The summed E-state index contributed by atoms with van der Waals surface area (Å²) in [6.45, 7) is 5.53. The van der Waals surface area contributed by atoms with Gasteiger partial charge in [-0.3, -0.25) is 4.90 Å². The molecular formula is C14H18N3S+. The van der Waals surface area contributed by atoms with Gasteiger partial charge in [-0.1, -0.05) is 29.5 Å². The molecule has 3 nitrogen and oxygen atoms in total. The molecule has 1 fully saturated rings. The van der Waals surface area contributed by atoms with Crippen molar-refractivity contribution in [3.8, 4) is 10.6 Å². The molecule has 4 heteroatoms. The van der Waals surface area contributed by atoms with E-state index in [9.17, 15) is 0 Å². The number of H-pyrrole nitrogens is 1. The fraction of sp³-hybridized carbons (Fsp3) is 0.357. The lowest BCUT2D eigenvalue weighted by Crippen LogP contribution is -2.43. The van der Waals surface area contributed by atoms with Crippen molar-refractivity contribution in [2.24, 2.45) is 0 Å². The van der Waals surface area contributed by atoms with Crippen LogP contribution in [0.3, 0.4) is 0 Å². The minimum absolute atomic E-state index is 1.03. The van der Waals surface area contributed by atoms with Crippen LogP contribution in [0.2, 0.25) is 0 Å². The number of nitrogens with one attached hydrogen (secondary N) is 2. The van der Waals surface area contributed by atoms with Crippen LogP contribution in [0.4, 0.5) is 0 Å². The largest absolute Gasteiger partial charge is 0.314 e. The number of benzene rings is 1. The van der Waals surface area contributed by atoms with Crippen molar-refractivity contribution in [3.05, 3.63) is 41.4 Å². The lowest BCUT2D eigenvalue weighted by atomic mass is 10.2. The molecule has 0 unspecified atom stereocenters. The van der Waals surface area contributed by atoms with Crippen LogP contribution in [0, 0.1) is 0 Å². The summed E-state index contributed by atoms with van der Waals surface area (Å²) in [4.78, 5) is 6.02. The van der Waals surface area contributed by atoms with Gasteiger partial charge in [-0.15, -0.1) is 0 Å². The third-order valence-corrected chi connectivity index (χ3v) is 4.21. The van der Waals surface area contributed by atoms with Crippen molar-refractivity contribution in [2.45, 2.75) is 6.54 Å². The molecule has 1 aromatic carbocycles. The zero-order valence-electron chi connectivity index (χ0n) is 10.4. The summed E-state index contributed by atoms with van der Waals surface area (Å²) in [7, 11) is 0. The molecule has 0 aliphatic carbocycles. The second kappa shape index (κ2) is 5.61. The molecule has 94 valence electrons. The van der Waals surface area contributed by atoms with Crippen molar-refractivity contribution >= 4 is 11.3 Å². The van der Waals surface area contributed by atoms with Gasteiger partial charge in [0.25, 0.3) is 5.01 Å². The Kier molecular flexibility index (Phi) is 3.69. The summed E-state index contributed by atoms with van der Waals surface area (Å²) >= 11 is 1.79. The summed E-state index contributed by atoms with van der Waals surface area (Å²) in [5, 5.41) is 6.87. The van der Waals surface area contributed by atoms with Gasteiger partial charge in [0.15, 0.2) is 0 Å². The maximum Gasteiger partial charge on any atom is 0.267 e. The summed E-state index contributed by atoms with van der Waals surface area (Å²) < 4.78 is 0. The van der Waals surface area contributed by atoms with E-state index in [2.05, 4.69) is 50.9 Å². The van der Waals surface area contributed by atoms with Crippen LogP contribution < -0.4 is 10.3 Å². The minimum atomic E-state index is 1.03. The molecule has 0 radical (unpaired) electrons. The van der Waals surface area contributed by atoms with Gasteiger partial charge in [-0.05, 0) is 12.1 Å². The predicted molar refractivity (Wildman–Crippen MR) is 74.5 cm³/mol. The molecule has 18 heavy (non-hydrogen) atoms. The molecule has 0 amide bonds. The second-order valence-corrected chi connectivity index (χ2v) is 5.49. The van der Waals surface area contributed by atoms with E-state index in [1.54, 1.807) is 11.3 Å². The highest BCUT2D eigenvalue weighted by Crippen LogP contribution is 2.20. The SMILES string of the molecule is c1ccc(-c2[nH+]c(CN3CCNCC3)cs2)cc1. The highest BCUT2D eigenvalue weighted by molar-refractivity contribution is 7.12. The average molecular weight is 260 g/mol. The van der Waals surface area contributed by atoms with Gasteiger partial charge >= 0.3 is 0 Å². The summed E-state index contributed by atoms with van der Waals surface area (Å²) in [6, 6.07) is 10.5. The summed E-state index contributed by atoms with van der Waals surface area (Å²) in [5.74, 6) is 0. The van der Waals surface area contributed by atoms with E-state index in [0.717, 1.165) is 32.7 Å². The maximum absolute atomic E-state index is 3.53. The smallest absolute Gasteiger partial charge is 0.267 e. The van der Waals surface area contributed by atoms with E-state index in [-0.39, 0.29) is 0 Å². The van der Waals surface area contributed by atoms with Crippen molar-refractivity contribution in [1.82, 2.24) is 10.2 Å². The van der Waals surface area contributed by atoms with Crippen LogP contribution in [0.25, 0.3) is 10.6 Å². The highest BCUT2D eigenvalue weighted by Gasteiger charge is 2.16. The first-order valence-electron chi connectivity index (χ1n) is 6.40. The number of aromatic amines is 1. The standard InChI is InChI=1S/C14H17N3S/c1-2-4-12(5-3-1)14-16-13(11-18-14)10-17-8-6-15-7-9-17/h1-5,11,15H,6-10H2/p+1. The lowest BCUT2D eigenvalue weighted by molar-refractivity contribution is -0.373. The Balaban J connectivity index is 1.69. The van der Waals surface area contributed by atoms with Crippen molar-refractivity contribution in [2.75, 3.05) is 26.2 Å². The molecule has 3 rings (SSSR count). The van der Waals surface area contributed by atoms with Gasteiger partial charge in [0, 0.05) is 26.2 Å². The first kappa shape index (κ1) is 11.8. The first-order valence-corrected chi connectivity index (χ1v) is 7.28. The summed E-state index contributed by atoms with van der Waals surface area (Å²) in [6.07, 6.45) is 0. The molecule has 0 atom stereocenters. The van der Waals surface area contributed by atoms with Crippen molar-refractivity contribution in [3.63, 3.8) is 0 Å². The Hall–Kier alpha value is -1.23. The molecular weight excluding hydrogens is 242 g/mol. The van der Waals surface area contributed by atoms with Gasteiger partial charge in [0.1, 0.15) is 0 Å². The Bertz CT molecular complexity index is 489. The van der Waals surface area contributed by atoms with E-state index in [1.807, 2.05) is 0 Å². The van der Waals surface area contributed by atoms with Gasteiger partial charge in [-0.25, -0.2) is 0 Å². The quantitative estimate of drug-likeness (QED) is 0.909. The van der Waals surface area contributed by atoms with Gasteiger partial charge < -0.3 is 5.32 Å². The van der Waals surface area contributed by atoms with Crippen molar-refractivity contribution < 1.29 is 4.98 Å². The molecule has 0 saturated carbocycles. The fourth-order valence-electron chi connectivity index (χ4n) is 2.25. The van der Waals surface area contributed by atoms with Crippen LogP contribution >= 0.6 is 11.3 Å². The predicted octanol–water partition coefficient (Wildman–Crippen LogP) is 1.63. The van der Waals surface area contributed by atoms with Crippen LogP contribution in [-0.2, 0) is 6.54 Å². The van der Waals surface area contributed by atoms with Crippen LogP contribution in [0.15, 0.2) is 35.7 Å². The van der Waals surface area contributed by atoms with Crippen LogP contribution in [0.1, 0.15) is 5.69 Å². The summed E-state index contributed by atoms with van der Waals surface area (Å²) in [5.41, 5.74) is 2.59. The van der Waals surface area contributed by atoms with Gasteiger partial charge in [0.2, 0.25) is 5.69 Å². The Labute approximate surface area is 111 Å². The second-order valence-electron chi connectivity index (χ2n) is 4.61. The number of thiazole rings is 1. The molecule has 1 saturated heterocycles. The van der Waals surface area contributed by atoms with Crippen LogP contribution in [-0.4, -0.2) is 31.1 Å².